The first-order valence-electron chi connectivity index (χ1n) is 4.51. The number of pyridine rings is 1. The maximum Gasteiger partial charge on any atom is 0.0710 e. The molecule has 14 heavy (non-hydrogen) atoms. The summed E-state index contributed by atoms with van der Waals surface area (Å²) in [6.45, 7) is 15.5. The molecular formula is C13H11N. The Kier molecular flexibility index (Phi) is 2.03. The predicted octanol–water partition coefficient (Wildman–Crippen LogP) is 2.97. The highest BCUT2D eigenvalue weighted by molar-refractivity contribution is 5.84. The molecule has 1 aromatic heterocycles. The van der Waals surface area contributed by atoms with E-state index in [-0.39, 0.29) is 0 Å². The van der Waals surface area contributed by atoms with Gasteiger partial charge in [-0.25, -0.2) is 0 Å². The van der Waals surface area contributed by atoms with Crippen molar-refractivity contribution in [3.8, 4) is 0 Å². The van der Waals surface area contributed by atoms with Gasteiger partial charge in [0.15, 0.2) is 0 Å². The smallest absolute Gasteiger partial charge is 0.0710 e. The Bertz CT molecular complexity index is 498. The molecule has 0 aliphatic carbocycles. The minimum Gasteiger partial charge on any atom is -0.252 e. The van der Waals surface area contributed by atoms with Crippen LogP contribution >= 0.6 is 0 Å². The number of aryl methyl sites for hydroxylation is 2. The lowest BCUT2D eigenvalue weighted by Crippen LogP contribution is -1.93. The third kappa shape index (κ3) is 1.29. The highest BCUT2D eigenvalue weighted by atomic mass is 14.7. The molecular weight excluding hydrogens is 170 g/mol. The molecule has 68 valence electrons. The molecule has 0 aliphatic heterocycles. The Morgan fingerprint density at radius 1 is 1.14 bits per heavy atom. The van der Waals surface area contributed by atoms with Crippen molar-refractivity contribution in [3.05, 3.63) is 54.4 Å². The molecule has 0 fully saturated rings. The second-order valence-corrected chi connectivity index (χ2v) is 3.56. The van der Waals surface area contributed by atoms with E-state index < -0.39 is 0 Å². The lowest BCUT2D eigenvalue weighted by atomic mass is 10.0. The summed E-state index contributed by atoms with van der Waals surface area (Å²) in [6.07, 6.45) is 0. The third-order valence-corrected chi connectivity index (χ3v) is 2.48. The maximum absolute atomic E-state index is 5.80. The van der Waals surface area contributed by atoms with Gasteiger partial charge in [0.05, 0.1) is 5.52 Å². The molecule has 4 radical (unpaired) electrons. The number of hydrogen-bond donors (Lipinski definition) is 0. The average Bonchev–Trinajstić information content (AvgIpc) is 2.14. The molecule has 0 atom stereocenters. The van der Waals surface area contributed by atoms with Gasteiger partial charge in [-0.1, -0.05) is 12.1 Å². The largest absolute Gasteiger partial charge is 0.252 e. The average molecular weight is 181 g/mol. The minimum atomic E-state index is 0.417. The first kappa shape index (κ1) is 9.20. The Hall–Kier alpha value is -1.37. The molecule has 2 rings (SSSR count). The number of nitrogens with zero attached hydrogens (tertiary/aromatic N) is 1. The van der Waals surface area contributed by atoms with Crippen LogP contribution in [0.4, 0.5) is 0 Å². The molecule has 0 spiro atoms. The van der Waals surface area contributed by atoms with Crippen molar-refractivity contribution in [1.82, 2.24) is 4.98 Å². The molecule has 1 heteroatoms. The first-order chi connectivity index (χ1) is 6.59. The molecule has 1 nitrogen and oxygen atoms in total. The summed E-state index contributed by atoms with van der Waals surface area (Å²) in [7, 11) is 0. The molecule has 1 heterocycles. The number of rotatable bonds is 0. The SMILES string of the molecule is [CH]c1nc2cc(C)ccc2c(C)c1[CH]. The molecule has 0 amide bonds. The van der Waals surface area contributed by atoms with Crippen LogP contribution in [0.25, 0.3) is 10.9 Å². The van der Waals surface area contributed by atoms with Crippen LogP contribution in [-0.2, 0) is 0 Å². The standard InChI is InChI=1S/C13H11N/c1-8-5-6-12-10(3)9(2)11(4)14-13(12)7-8/h2,4-7H,1,3H3. The predicted molar refractivity (Wildman–Crippen MR) is 58.0 cm³/mol. The topological polar surface area (TPSA) is 12.9 Å². The second kappa shape index (κ2) is 3.09. The first-order valence-corrected chi connectivity index (χ1v) is 4.51. The normalized spacial score (nSPS) is 10.9. The van der Waals surface area contributed by atoms with E-state index in [1.54, 1.807) is 0 Å². The molecule has 0 aliphatic rings. The summed E-state index contributed by atoms with van der Waals surface area (Å²) in [5.41, 5.74) is 4.09. The van der Waals surface area contributed by atoms with Crippen LogP contribution < -0.4 is 0 Å². The Morgan fingerprint density at radius 2 is 1.86 bits per heavy atom. The molecule has 0 saturated carbocycles. The van der Waals surface area contributed by atoms with E-state index in [0.29, 0.717) is 11.3 Å². The summed E-state index contributed by atoms with van der Waals surface area (Å²) < 4.78 is 0. The van der Waals surface area contributed by atoms with Gasteiger partial charge in [-0.3, -0.25) is 4.98 Å². The van der Waals surface area contributed by atoms with Crippen LogP contribution in [0, 0.1) is 27.7 Å². The van der Waals surface area contributed by atoms with Gasteiger partial charge in [-0.15, -0.1) is 0 Å². The number of aromatic nitrogens is 1. The maximum atomic E-state index is 5.80. The van der Waals surface area contributed by atoms with Gasteiger partial charge in [-0.2, -0.15) is 0 Å². The lowest BCUT2D eigenvalue weighted by molar-refractivity contribution is 1.26. The van der Waals surface area contributed by atoms with Crippen molar-refractivity contribution in [3.63, 3.8) is 0 Å². The highest BCUT2D eigenvalue weighted by Crippen LogP contribution is 2.22. The molecule has 2 aromatic rings. The zero-order chi connectivity index (χ0) is 10.3. The van der Waals surface area contributed by atoms with Gasteiger partial charge in [0, 0.05) is 24.9 Å². The Labute approximate surface area is 84.8 Å². The summed E-state index contributed by atoms with van der Waals surface area (Å²) in [4.78, 5) is 4.25. The van der Waals surface area contributed by atoms with E-state index in [1.165, 1.54) is 5.56 Å². The van der Waals surface area contributed by atoms with Crippen LogP contribution in [-0.4, -0.2) is 4.98 Å². The number of benzene rings is 1. The van der Waals surface area contributed by atoms with Crippen LogP contribution in [0.1, 0.15) is 22.4 Å². The van der Waals surface area contributed by atoms with E-state index in [1.807, 2.05) is 32.0 Å². The van der Waals surface area contributed by atoms with E-state index >= 15 is 0 Å². The minimum absolute atomic E-state index is 0.417. The van der Waals surface area contributed by atoms with Gasteiger partial charge < -0.3 is 0 Å². The van der Waals surface area contributed by atoms with E-state index in [0.717, 1.165) is 16.5 Å². The third-order valence-electron chi connectivity index (χ3n) is 2.48. The molecule has 0 saturated heterocycles. The quantitative estimate of drug-likeness (QED) is 0.609. The van der Waals surface area contributed by atoms with Gasteiger partial charge in [-0.05, 0) is 36.6 Å². The van der Waals surface area contributed by atoms with Crippen molar-refractivity contribution in [2.24, 2.45) is 0 Å². The summed E-state index contributed by atoms with van der Waals surface area (Å²) >= 11 is 0. The molecule has 1 aromatic carbocycles. The summed E-state index contributed by atoms with van der Waals surface area (Å²) in [5.74, 6) is 0. The fourth-order valence-electron chi connectivity index (χ4n) is 1.58. The van der Waals surface area contributed by atoms with Crippen molar-refractivity contribution < 1.29 is 0 Å². The molecule has 0 bridgehead atoms. The Balaban J connectivity index is 2.91. The zero-order valence-electron chi connectivity index (χ0n) is 8.33. The van der Waals surface area contributed by atoms with Crippen molar-refractivity contribution in [1.29, 1.82) is 0 Å². The summed E-state index contributed by atoms with van der Waals surface area (Å²) in [5, 5.41) is 1.07. The van der Waals surface area contributed by atoms with E-state index in [2.05, 4.69) is 4.98 Å². The monoisotopic (exact) mass is 181 g/mol. The van der Waals surface area contributed by atoms with Gasteiger partial charge >= 0.3 is 0 Å². The number of hydrogen-bond acceptors (Lipinski definition) is 1. The van der Waals surface area contributed by atoms with E-state index in [4.69, 9.17) is 13.8 Å². The van der Waals surface area contributed by atoms with Crippen LogP contribution in [0.2, 0.25) is 0 Å². The summed E-state index contributed by atoms with van der Waals surface area (Å²) in [6, 6.07) is 6.09. The highest BCUT2D eigenvalue weighted by Gasteiger charge is 2.05. The zero-order valence-corrected chi connectivity index (χ0v) is 8.33. The molecule has 0 N–H and O–H groups in total. The van der Waals surface area contributed by atoms with Crippen LogP contribution in [0.5, 0.6) is 0 Å². The van der Waals surface area contributed by atoms with Crippen molar-refractivity contribution in [2.75, 3.05) is 0 Å². The Morgan fingerprint density at radius 3 is 2.57 bits per heavy atom. The van der Waals surface area contributed by atoms with Gasteiger partial charge in [0.2, 0.25) is 0 Å². The second-order valence-electron chi connectivity index (χ2n) is 3.56. The van der Waals surface area contributed by atoms with Crippen LogP contribution in [0.3, 0.4) is 0 Å². The van der Waals surface area contributed by atoms with Crippen molar-refractivity contribution >= 4 is 10.9 Å². The molecule has 0 unspecified atom stereocenters. The fraction of sp³-hybridized carbons (Fsp3) is 0.154. The van der Waals surface area contributed by atoms with Gasteiger partial charge in [0.25, 0.3) is 0 Å². The lowest BCUT2D eigenvalue weighted by Gasteiger charge is -2.08. The van der Waals surface area contributed by atoms with Crippen LogP contribution in [0.15, 0.2) is 18.2 Å². The van der Waals surface area contributed by atoms with Crippen molar-refractivity contribution in [2.45, 2.75) is 13.8 Å². The van der Waals surface area contributed by atoms with Gasteiger partial charge in [0.1, 0.15) is 0 Å². The fourth-order valence-corrected chi connectivity index (χ4v) is 1.58. The van der Waals surface area contributed by atoms with E-state index in [9.17, 15) is 0 Å². The number of fused-ring (bicyclic) bond motifs is 1.